The Bertz CT molecular complexity index is 1780. The van der Waals surface area contributed by atoms with E-state index in [1.165, 1.54) is 6.42 Å². The summed E-state index contributed by atoms with van der Waals surface area (Å²) in [6, 6.07) is 20.5. The standard InChI is InChI=1S/C38H39N3O5S2/c1-21-11-5-7-13-25(21)29-33(42)31(35(44)39-37(29)47)28(23-15-16-27(46-3)24(19-23)20-41-17-9-4-10-18-41)32-34(43)30(38(48)40-36(32)45)26-14-8-6-12-22(26)2/h5-8,11-16,19,28-30,42-43H,4,9-10,17-18,20H2,1-3H3,(H,39,44,47)(H,40,45,48)/t29-,30-/m0/s1. The lowest BCUT2D eigenvalue weighted by Gasteiger charge is -2.35. The summed E-state index contributed by atoms with van der Waals surface area (Å²) in [7, 11) is 1.61. The third-order valence-electron chi connectivity index (χ3n) is 9.64. The monoisotopic (exact) mass is 681 g/mol. The Kier molecular flexibility index (Phi) is 9.78. The van der Waals surface area contributed by atoms with Crippen LogP contribution in [0.1, 0.15) is 70.4 Å². The third kappa shape index (κ3) is 6.27. The van der Waals surface area contributed by atoms with Crippen LogP contribution in [0.3, 0.4) is 0 Å². The Morgan fingerprint density at radius 2 is 1.29 bits per heavy atom. The van der Waals surface area contributed by atoms with Crippen LogP contribution in [-0.2, 0) is 16.1 Å². The van der Waals surface area contributed by atoms with E-state index >= 15 is 0 Å². The minimum absolute atomic E-state index is 0.0704. The van der Waals surface area contributed by atoms with Crippen LogP contribution in [0, 0.1) is 13.8 Å². The van der Waals surface area contributed by atoms with Crippen LogP contribution in [0.25, 0.3) is 0 Å². The second kappa shape index (κ2) is 14.0. The molecule has 0 saturated carbocycles. The fourth-order valence-corrected chi connectivity index (χ4v) is 7.85. The molecule has 1 fully saturated rings. The molecule has 3 aliphatic heterocycles. The summed E-state index contributed by atoms with van der Waals surface area (Å²) in [5, 5.41) is 29.9. The Morgan fingerprint density at radius 1 is 0.792 bits per heavy atom. The van der Waals surface area contributed by atoms with E-state index < -0.39 is 29.6 Å². The molecule has 3 aliphatic rings. The van der Waals surface area contributed by atoms with Crippen molar-refractivity contribution >= 4 is 46.2 Å². The first-order chi connectivity index (χ1) is 23.1. The predicted molar refractivity (Wildman–Crippen MR) is 193 cm³/mol. The van der Waals surface area contributed by atoms with E-state index in [1.807, 2.05) is 74.5 Å². The lowest BCUT2D eigenvalue weighted by Crippen LogP contribution is -2.46. The number of aliphatic hydroxyl groups excluding tert-OH is 2. The topological polar surface area (TPSA) is 111 Å². The predicted octanol–water partition coefficient (Wildman–Crippen LogP) is 6.49. The summed E-state index contributed by atoms with van der Waals surface area (Å²) >= 11 is 11.3. The van der Waals surface area contributed by atoms with Gasteiger partial charge in [0.1, 0.15) is 17.3 Å². The Labute approximate surface area is 291 Å². The van der Waals surface area contributed by atoms with E-state index in [4.69, 9.17) is 29.2 Å². The minimum Gasteiger partial charge on any atom is -0.511 e. The normalized spacial score (nSPS) is 20.7. The number of benzene rings is 3. The van der Waals surface area contributed by atoms with E-state index in [1.54, 1.807) is 13.2 Å². The number of nitrogens with one attached hydrogen (secondary N) is 2. The maximum Gasteiger partial charge on any atom is 0.256 e. The van der Waals surface area contributed by atoms with Gasteiger partial charge in [0, 0.05) is 12.1 Å². The summed E-state index contributed by atoms with van der Waals surface area (Å²) < 4.78 is 5.76. The van der Waals surface area contributed by atoms with Gasteiger partial charge in [-0.15, -0.1) is 0 Å². The van der Waals surface area contributed by atoms with Crippen molar-refractivity contribution in [2.75, 3.05) is 20.2 Å². The molecule has 3 heterocycles. The fraction of sp³-hybridized carbons (Fsp3) is 0.316. The van der Waals surface area contributed by atoms with Gasteiger partial charge in [0.15, 0.2) is 0 Å². The van der Waals surface area contributed by atoms with E-state index in [9.17, 15) is 19.8 Å². The number of hydrogen-bond acceptors (Lipinski definition) is 8. The third-order valence-corrected chi connectivity index (χ3v) is 10.3. The number of piperidine rings is 1. The van der Waals surface area contributed by atoms with Gasteiger partial charge in [-0.25, -0.2) is 0 Å². The highest BCUT2D eigenvalue weighted by Crippen LogP contribution is 2.45. The van der Waals surface area contributed by atoms with Crippen LogP contribution in [-0.4, -0.2) is 57.1 Å². The number of nitrogens with zero attached hydrogens (tertiary/aromatic N) is 1. The number of aliphatic hydroxyl groups is 2. The van der Waals surface area contributed by atoms with Crippen LogP contribution < -0.4 is 15.4 Å². The summed E-state index contributed by atoms with van der Waals surface area (Å²) in [6.07, 6.45) is 3.40. The van der Waals surface area contributed by atoms with Crippen LogP contribution in [0.5, 0.6) is 5.75 Å². The molecule has 0 spiro atoms. The van der Waals surface area contributed by atoms with Gasteiger partial charge in [0.05, 0.1) is 46.0 Å². The molecule has 8 nitrogen and oxygen atoms in total. The number of aryl methyl sites for hydroxylation is 2. The molecular formula is C38H39N3O5S2. The Hall–Kier alpha value is -4.38. The SMILES string of the molecule is COc1ccc(C(C2=C(O)[C@H](c3ccccc3C)C(=S)NC2=O)C2=C(O)[C@H](c3ccccc3C)C(=S)NC2=O)cc1CN1CCCCC1. The first kappa shape index (κ1) is 33.5. The van der Waals surface area contributed by atoms with E-state index in [0.29, 0.717) is 17.9 Å². The number of amides is 2. The summed E-state index contributed by atoms with van der Waals surface area (Å²) in [5.41, 5.74) is 4.45. The largest absolute Gasteiger partial charge is 0.511 e. The Morgan fingerprint density at radius 3 is 1.77 bits per heavy atom. The summed E-state index contributed by atoms with van der Waals surface area (Å²) in [5.74, 6) is -4.03. The molecular weight excluding hydrogens is 643 g/mol. The van der Waals surface area contributed by atoms with Crippen LogP contribution in [0.2, 0.25) is 0 Å². The van der Waals surface area contributed by atoms with Crippen molar-refractivity contribution in [1.29, 1.82) is 0 Å². The molecule has 3 aromatic carbocycles. The van der Waals surface area contributed by atoms with Gasteiger partial charge in [0.2, 0.25) is 0 Å². The molecule has 0 radical (unpaired) electrons. The van der Waals surface area contributed by atoms with E-state index in [2.05, 4.69) is 15.5 Å². The molecule has 4 N–H and O–H groups in total. The maximum absolute atomic E-state index is 14.0. The van der Waals surface area contributed by atoms with Gasteiger partial charge >= 0.3 is 0 Å². The highest BCUT2D eigenvalue weighted by Gasteiger charge is 2.45. The molecule has 0 aliphatic carbocycles. The van der Waals surface area contributed by atoms with E-state index in [-0.39, 0.29) is 32.6 Å². The molecule has 10 heteroatoms. The number of methoxy groups -OCH3 is 1. The van der Waals surface area contributed by atoms with Gasteiger partial charge in [0.25, 0.3) is 11.8 Å². The van der Waals surface area contributed by atoms with Gasteiger partial charge in [-0.3, -0.25) is 14.5 Å². The molecule has 0 bridgehead atoms. The molecule has 2 amide bonds. The second-order valence-electron chi connectivity index (χ2n) is 12.7. The molecule has 0 unspecified atom stereocenters. The van der Waals surface area contributed by atoms with Crippen molar-refractivity contribution in [1.82, 2.24) is 15.5 Å². The van der Waals surface area contributed by atoms with Crippen LogP contribution >= 0.6 is 24.4 Å². The van der Waals surface area contributed by atoms with Gasteiger partial charge in [-0.05, 0) is 79.7 Å². The smallest absolute Gasteiger partial charge is 0.256 e. The average molecular weight is 682 g/mol. The first-order valence-electron chi connectivity index (χ1n) is 16.2. The van der Waals surface area contributed by atoms with E-state index in [0.717, 1.165) is 53.7 Å². The molecule has 6 rings (SSSR count). The van der Waals surface area contributed by atoms with Crippen molar-refractivity contribution in [3.63, 3.8) is 0 Å². The minimum atomic E-state index is -1.18. The number of carbonyl (C=O) groups excluding carboxylic acids is 2. The maximum atomic E-state index is 14.0. The number of carbonyl (C=O) groups is 2. The lowest BCUT2D eigenvalue weighted by molar-refractivity contribution is -0.117. The summed E-state index contributed by atoms with van der Waals surface area (Å²) in [4.78, 5) is 30.7. The highest BCUT2D eigenvalue weighted by molar-refractivity contribution is 7.80. The van der Waals surface area contributed by atoms with Crippen molar-refractivity contribution in [3.8, 4) is 5.75 Å². The number of ether oxygens (including phenoxy) is 1. The molecule has 248 valence electrons. The zero-order valence-corrected chi connectivity index (χ0v) is 28.8. The lowest BCUT2D eigenvalue weighted by atomic mass is 9.75. The molecule has 3 aromatic rings. The Balaban J connectivity index is 1.60. The molecule has 48 heavy (non-hydrogen) atoms. The zero-order valence-electron chi connectivity index (χ0n) is 27.2. The van der Waals surface area contributed by atoms with Gasteiger partial charge in [-0.1, -0.05) is 85.5 Å². The quantitative estimate of drug-likeness (QED) is 0.200. The second-order valence-corrected chi connectivity index (χ2v) is 13.5. The van der Waals surface area contributed by atoms with Gasteiger partial charge in [-0.2, -0.15) is 0 Å². The first-order valence-corrected chi connectivity index (χ1v) is 17.0. The number of rotatable bonds is 8. The number of likely N-dealkylation sites (tertiary alicyclic amines) is 1. The van der Waals surface area contributed by atoms with Crippen LogP contribution in [0.4, 0.5) is 0 Å². The molecule has 2 atom stereocenters. The fourth-order valence-electron chi connectivity index (χ4n) is 7.19. The molecule has 0 aromatic heterocycles. The number of hydrogen-bond donors (Lipinski definition) is 4. The van der Waals surface area contributed by atoms with Crippen LogP contribution in [0.15, 0.2) is 89.4 Å². The molecule has 1 saturated heterocycles. The average Bonchev–Trinajstić information content (AvgIpc) is 3.06. The van der Waals surface area contributed by atoms with Crippen molar-refractivity contribution in [2.24, 2.45) is 0 Å². The zero-order chi connectivity index (χ0) is 34.1. The summed E-state index contributed by atoms with van der Waals surface area (Å²) in [6.45, 7) is 6.32. The van der Waals surface area contributed by atoms with Crippen molar-refractivity contribution < 1.29 is 24.5 Å². The van der Waals surface area contributed by atoms with Crippen molar-refractivity contribution in [2.45, 2.75) is 57.4 Å². The van der Waals surface area contributed by atoms with Gasteiger partial charge < -0.3 is 25.6 Å². The number of thiocarbonyl (C=S) groups is 2. The highest BCUT2D eigenvalue weighted by atomic mass is 32.1. The van der Waals surface area contributed by atoms with Crippen molar-refractivity contribution in [3.05, 3.63) is 123 Å².